The summed E-state index contributed by atoms with van der Waals surface area (Å²) >= 11 is 1.37. The number of fused-ring (bicyclic) bond motifs is 6. The SMILES string of the molecule is COc1ccc2c(c1)[C@@H]1CN(CCn3c(=O)[nH]c4c(sc5cccnc54)c3=O)C[C@@H]1CO2. The zero-order chi connectivity index (χ0) is 21.8. The van der Waals surface area contributed by atoms with Gasteiger partial charge in [0.25, 0.3) is 5.56 Å². The first kappa shape index (κ1) is 19.5. The maximum atomic E-state index is 13.1. The molecule has 2 aliphatic rings. The molecule has 0 unspecified atom stereocenters. The summed E-state index contributed by atoms with van der Waals surface area (Å²) in [6, 6.07) is 9.70. The van der Waals surface area contributed by atoms with Crippen LogP contribution >= 0.6 is 11.3 Å². The number of methoxy groups -OCH3 is 1. The molecule has 1 saturated heterocycles. The smallest absolute Gasteiger partial charge is 0.328 e. The summed E-state index contributed by atoms with van der Waals surface area (Å²) in [5, 5.41) is 0. The zero-order valence-electron chi connectivity index (χ0n) is 17.5. The molecule has 0 spiro atoms. The van der Waals surface area contributed by atoms with Crippen LogP contribution < -0.4 is 20.7 Å². The van der Waals surface area contributed by atoms with Crippen molar-refractivity contribution in [1.29, 1.82) is 0 Å². The highest BCUT2D eigenvalue weighted by Crippen LogP contribution is 2.42. The Labute approximate surface area is 187 Å². The molecular formula is C23H22N4O4S. The predicted molar refractivity (Wildman–Crippen MR) is 123 cm³/mol. The standard InChI is InChI=1S/C23H22N4O4S/c1-30-14-4-5-17-15(9-14)16-11-26(10-13(16)12-31-17)7-8-27-22(28)21-20(25-23(27)29)19-18(32-21)3-2-6-24-19/h2-6,9,13,16H,7-8,10-12H2,1H3,(H,25,29)/t13-,16-/m1/s1. The van der Waals surface area contributed by atoms with Crippen molar-refractivity contribution in [2.24, 2.45) is 5.92 Å². The maximum Gasteiger partial charge on any atom is 0.328 e. The van der Waals surface area contributed by atoms with Gasteiger partial charge in [-0.2, -0.15) is 0 Å². The number of aromatic amines is 1. The van der Waals surface area contributed by atoms with Crippen LogP contribution in [0.4, 0.5) is 0 Å². The van der Waals surface area contributed by atoms with Crippen molar-refractivity contribution in [2.45, 2.75) is 12.5 Å². The van der Waals surface area contributed by atoms with Crippen LogP contribution in [0, 0.1) is 5.92 Å². The molecule has 1 fully saturated rings. The Bertz CT molecular complexity index is 1460. The minimum Gasteiger partial charge on any atom is -0.497 e. The molecule has 8 nitrogen and oxygen atoms in total. The van der Waals surface area contributed by atoms with E-state index in [1.165, 1.54) is 21.5 Å². The van der Waals surface area contributed by atoms with Gasteiger partial charge in [-0.1, -0.05) is 0 Å². The number of thiophene rings is 1. The fraction of sp³-hybridized carbons (Fsp3) is 0.348. The lowest BCUT2D eigenvalue weighted by Crippen LogP contribution is -2.38. The van der Waals surface area contributed by atoms with Crippen molar-refractivity contribution >= 4 is 31.8 Å². The summed E-state index contributed by atoms with van der Waals surface area (Å²) in [7, 11) is 1.67. The summed E-state index contributed by atoms with van der Waals surface area (Å²) in [4.78, 5) is 35.3. The first-order chi connectivity index (χ1) is 15.6. The van der Waals surface area contributed by atoms with Crippen molar-refractivity contribution in [3.05, 3.63) is 62.9 Å². The number of benzene rings is 1. The zero-order valence-corrected chi connectivity index (χ0v) is 18.4. The van der Waals surface area contributed by atoms with Gasteiger partial charge in [-0.15, -0.1) is 11.3 Å². The molecular weight excluding hydrogens is 428 g/mol. The van der Waals surface area contributed by atoms with Crippen LogP contribution in [0.1, 0.15) is 11.5 Å². The number of hydrogen-bond donors (Lipinski definition) is 1. The molecule has 32 heavy (non-hydrogen) atoms. The van der Waals surface area contributed by atoms with Crippen LogP contribution in [0.2, 0.25) is 0 Å². The predicted octanol–water partition coefficient (Wildman–Crippen LogP) is 2.42. The molecule has 2 atom stereocenters. The van der Waals surface area contributed by atoms with Crippen molar-refractivity contribution in [3.63, 3.8) is 0 Å². The first-order valence-electron chi connectivity index (χ1n) is 10.7. The number of pyridine rings is 1. The van der Waals surface area contributed by atoms with Gasteiger partial charge in [0.1, 0.15) is 21.7 Å². The lowest BCUT2D eigenvalue weighted by Gasteiger charge is -2.28. The highest BCUT2D eigenvalue weighted by Gasteiger charge is 2.38. The molecule has 1 aromatic carbocycles. The quantitative estimate of drug-likeness (QED) is 0.514. The van der Waals surface area contributed by atoms with Crippen LogP contribution in [0.3, 0.4) is 0 Å². The van der Waals surface area contributed by atoms with Gasteiger partial charge in [0.2, 0.25) is 0 Å². The van der Waals surface area contributed by atoms with Crippen molar-refractivity contribution in [1.82, 2.24) is 19.4 Å². The van der Waals surface area contributed by atoms with E-state index in [2.05, 4.69) is 20.9 Å². The van der Waals surface area contributed by atoms with Gasteiger partial charge in [-0.3, -0.25) is 14.3 Å². The number of rotatable bonds is 4. The summed E-state index contributed by atoms with van der Waals surface area (Å²) in [6.07, 6.45) is 1.67. The Morgan fingerprint density at radius 1 is 1.25 bits per heavy atom. The van der Waals surface area contributed by atoms with E-state index < -0.39 is 0 Å². The fourth-order valence-electron chi connectivity index (χ4n) is 4.97. The number of nitrogens with zero attached hydrogens (tertiary/aromatic N) is 3. The van der Waals surface area contributed by atoms with E-state index in [4.69, 9.17) is 9.47 Å². The Kier molecular flexibility index (Phi) is 4.55. The van der Waals surface area contributed by atoms with E-state index >= 15 is 0 Å². The highest BCUT2D eigenvalue weighted by atomic mass is 32.1. The fourth-order valence-corrected chi connectivity index (χ4v) is 6.03. The molecule has 0 amide bonds. The molecule has 4 aromatic rings. The Morgan fingerprint density at radius 3 is 3.03 bits per heavy atom. The minimum absolute atomic E-state index is 0.248. The second-order valence-electron chi connectivity index (χ2n) is 8.38. The van der Waals surface area contributed by atoms with Crippen molar-refractivity contribution < 1.29 is 9.47 Å². The lowest BCUT2D eigenvalue weighted by atomic mass is 9.87. The van der Waals surface area contributed by atoms with E-state index in [0.717, 1.165) is 29.3 Å². The molecule has 6 rings (SSSR count). The van der Waals surface area contributed by atoms with Crippen LogP contribution in [-0.4, -0.2) is 52.8 Å². The number of nitrogens with one attached hydrogen (secondary N) is 1. The van der Waals surface area contributed by atoms with E-state index in [-0.39, 0.29) is 11.2 Å². The van der Waals surface area contributed by atoms with Gasteiger partial charge in [-0.05, 0) is 30.3 Å². The number of hydrogen-bond acceptors (Lipinski definition) is 7. The van der Waals surface area contributed by atoms with E-state index in [1.54, 1.807) is 13.3 Å². The van der Waals surface area contributed by atoms with E-state index in [1.807, 2.05) is 24.3 Å². The largest absolute Gasteiger partial charge is 0.497 e. The molecule has 2 aliphatic heterocycles. The molecule has 1 N–H and O–H groups in total. The van der Waals surface area contributed by atoms with Gasteiger partial charge in [0.05, 0.1) is 23.9 Å². The molecule has 0 saturated carbocycles. The average Bonchev–Trinajstić information content (AvgIpc) is 3.40. The van der Waals surface area contributed by atoms with Gasteiger partial charge in [0.15, 0.2) is 0 Å². The number of ether oxygens (including phenoxy) is 2. The molecule has 0 aliphatic carbocycles. The second-order valence-corrected chi connectivity index (χ2v) is 9.44. The van der Waals surface area contributed by atoms with Crippen molar-refractivity contribution in [2.75, 3.05) is 33.4 Å². The molecule has 3 aromatic heterocycles. The third kappa shape index (κ3) is 3.03. The Balaban J connectivity index is 1.25. The van der Waals surface area contributed by atoms with Gasteiger partial charge in [0, 0.05) is 49.8 Å². The molecule has 0 bridgehead atoms. The summed E-state index contributed by atoms with van der Waals surface area (Å²) in [5.74, 6) is 2.50. The summed E-state index contributed by atoms with van der Waals surface area (Å²) < 4.78 is 14.1. The van der Waals surface area contributed by atoms with Gasteiger partial charge in [-0.25, -0.2) is 4.79 Å². The maximum absolute atomic E-state index is 13.1. The number of likely N-dealkylation sites (tertiary alicyclic amines) is 1. The minimum atomic E-state index is -0.386. The van der Waals surface area contributed by atoms with Crippen LogP contribution in [-0.2, 0) is 6.54 Å². The van der Waals surface area contributed by atoms with Crippen LogP contribution in [0.15, 0.2) is 46.1 Å². The Morgan fingerprint density at radius 2 is 2.16 bits per heavy atom. The van der Waals surface area contributed by atoms with Crippen LogP contribution in [0.25, 0.3) is 20.4 Å². The molecule has 9 heteroatoms. The van der Waals surface area contributed by atoms with E-state index in [9.17, 15) is 9.59 Å². The lowest BCUT2D eigenvalue weighted by molar-refractivity contribution is 0.211. The highest BCUT2D eigenvalue weighted by molar-refractivity contribution is 7.25. The molecule has 164 valence electrons. The van der Waals surface area contributed by atoms with Crippen LogP contribution in [0.5, 0.6) is 11.5 Å². The van der Waals surface area contributed by atoms with Gasteiger partial charge < -0.3 is 19.4 Å². The Hall–Kier alpha value is -3.17. The number of H-pyrrole nitrogens is 1. The first-order valence-corrected chi connectivity index (χ1v) is 11.5. The average molecular weight is 451 g/mol. The van der Waals surface area contributed by atoms with Gasteiger partial charge >= 0.3 is 5.69 Å². The summed E-state index contributed by atoms with van der Waals surface area (Å²) in [5.41, 5.74) is 1.75. The topological polar surface area (TPSA) is 89.5 Å². The van der Waals surface area contributed by atoms with E-state index in [0.29, 0.717) is 47.3 Å². The third-order valence-electron chi connectivity index (χ3n) is 6.59. The molecule has 5 heterocycles. The summed E-state index contributed by atoms with van der Waals surface area (Å²) in [6.45, 7) is 3.40. The second kappa shape index (κ2) is 7.46. The third-order valence-corrected chi connectivity index (χ3v) is 7.72. The normalized spacial score (nSPS) is 20.3. The molecule has 0 radical (unpaired) electrons. The van der Waals surface area contributed by atoms with Crippen molar-refractivity contribution in [3.8, 4) is 11.5 Å². The number of aromatic nitrogens is 3. The monoisotopic (exact) mass is 450 g/mol.